The van der Waals surface area contributed by atoms with E-state index < -0.39 is 0 Å². The van der Waals surface area contributed by atoms with Crippen molar-refractivity contribution < 1.29 is 5.11 Å². The largest absolute Gasteiger partial charge is 0.389 e. The van der Waals surface area contributed by atoms with Crippen LogP contribution >= 0.6 is 0 Å². The molecule has 1 N–H and O–H groups in total. The van der Waals surface area contributed by atoms with Gasteiger partial charge in [-0.2, -0.15) is 0 Å². The van der Waals surface area contributed by atoms with Crippen LogP contribution in [0.5, 0.6) is 0 Å². The third-order valence-corrected chi connectivity index (χ3v) is 5.41. The highest BCUT2D eigenvalue weighted by Crippen LogP contribution is 2.69. The molecule has 0 bridgehead atoms. The Morgan fingerprint density at radius 1 is 1.33 bits per heavy atom. The van der Waals surface area contributed by atoms with Gasteiger partial charge in [0.15, 0.2) is 0 Å². The summed E-state index contributed by atoms with van der Waals surface area (Å²) in [6.45, 7) is 7.20. The van der Waals surface area contributed by atoms with Crippen molar-refractivity contribution in [1.29, 1.82) is 0 Å². The monoisotopic (exact) mass is 206 g/mol. The maximum atomic E-state index is 10.1. The van der Waals surface area contributed by atoms with Crippen molar-refractivity contribution >= 4 is 0 Å². The molecule has 0 spiro atoms. The SMILES string of the molecule is C[C@@H]1CC[C@@H](O)C2=CC[C@@H]3[C@H]([C@@H]21)C3(C)C. The molecule has 0 amide bonds. The first-order valence-corrected chi connectivity index (χ1v) is 6.41. The van der Waals surface area contributed by atoms with Gasteiger partial charge in [0.25, 0.3) is 0 Å². The fourth-order valence-electron chi connectivity index (χ4n) is 4.36. The number of aliphatic hydroxyl groups excluding tert-OH is 1. The summed E-state index contributed by atoms with van der Waals surface area (Å²) in [5.74, 6) is 3.25. The van der Waals surface area contributed by atoms with Crippen LogP contribution in [0.1, 0.15) is 40.0 Å². The fraction of sp³-hybridized carbons (Fsp3) is 0.857. The molecule has 0 unspecified atom stereocenters. The predicted molar refractivity (Wildman–Crippen MR) is 61.4 cm³/mol. The Balaban J connectivity index is 1.94. The Bertz CT molecular complexity index is 315. The van der Waals surface area contributed by atoms with Crippen LogP contribution in [0.25, 0.3) is 0 Å². The summed E-state index contributed by atoms with van der Waals surface area (Å²) in [7, 11) is 0. The van der Waals surface area contributed by atoms with Gasteiger partial charge in [-0.3, -0.25) is 0 Å². The van der Waals surface area contributed by atoms with Gasteiger partial charge in [0, 0.05) is 0 Å². The second kappa shape index (κ2) is 2.88. The zero-order valence-electron chi connectivity index (χ0n) is 10.0. The van der Waals surface area contributed by atoms with Crippen molar-refractivity contribution in [3.63, 3.8) is 0 Å². The van der Waals surface area contributed by atoms with E-state index in [4.69, 9.17) is 0 Å². The molecule has 0 aromatic rings. The molecule has 1 nitrogen and oxygen atoms in total. The summed E-state index contributed by atoms with van der Waals surface area (Å²) < 4.78 is 0. The van der Waals surface area contributed by atoms with E-state index in [1.807, 2.05) is 0 Å². The number of aliphatic hydroxyl groups is 1. The van der Waals surface area contributed by atoms with Crippen molar-refractivity contribution in [1.82, 2.24) is 0 Å². The second-order valence-electron chi connectivity index (χ2n) is 6.49. The number of rotatable bonds is 0. The van der Waals surface area contributed by atoms with E-state index in [1.54, 1.807) is 0 Å². The fourth-order valence-corrected chi connectivity index (χ4v) is 4.36. The number of fused-ring (bicyclic) bond motifs is 3. The lowest BCUT2D eigenvalue weighted by molar-refractivity contribution is 0.117. The van der Waals surface area contributed by atoms with Gasteiger partial charge in [0.1, 0.15) is 0 Å². The van der Waals surface area contributed by atoms with Gasteiger partial charge in [0.05, 0.1) is 6.10 Å². The second-order valence-corrected chi connectivity index (χ2v) is 6.49. The van der Waals surface area contributed by atoms with E-state index >= 15 is 0 Å². The zero-order valence-corrected chi connectivity index (χ0v) is 10.0. The van der Waals surface area contributed by atoms with Gasteiger partial charge in [-0.05, 0) is 53.9 Å². The molecule has 2 fully saturated rings. The molecule has 3 aliphatic carbocycles. The van der Waals surface area contributed by atoms with Crippen molar-refractivity contribution in [3.8, 4) is 0 Å². The molecule has 3 aliphatic rings. The molecular formula is C14H22O. The molecule has 0 aromatic heterocycles. The average Bonchev–Trinajstić information content (AvgIpc) is 2.76. The van der Waals surface area contributed by atoms with Crippen LogP contribution in [0.3, 0.4) is 0 Å². The van der Waals surface area contributed by atoms with Crippen molar-refractivity contribution in [2.45, 2.75) is 46.1 Å². The van der Waals surface area contributed by atoms with Crippen LogP contribution in [-0.2, 0) is 0 Å². The lowest BCUT2D eigenvalue weighted by Gasteiger charge is -2.37. The van der Waals surface area contributed by atoms with Crippen LogP contribution in [0.15, 0.2) is 11.6 Å². The normalized spacial score (nSPS) is 51.5. The maximum Gasteiger partial charge on any atom is 0.0753 e. The van der Waals surface area contributed by atoms with Crippen LogP contribution in [-0.4, -0.2) is 11.2 Å². The van der Waals surface area contributed by atoms with E-state index in [1.165, 1.54) is 18.4 Å². The minimum absolute atomic E-state index is 0.122. The van der Waals surface area contributed by atoms with Crippen LogP contribution in [0, 0.1) is 29.1 Å². The Morgan fingerprint density at radius 3 is 2.80 bits per heavy atom. The molecule has 5 atom stereocenters. The van der Waals surface area contributed by atoms with Crippen LogP contribution in [0.2, 0.25) is 0 Å². The van der Waals surface area contributed by atoms with E-state index in [-0.39, 0.29) is 6.10 Å². The first kappa shape index (κ1) is 9.89. The summed E-state index contributed by atoms with van der Waals surface area (Å²) in [6, 6.07) is 0. The molecule has 0 saturated heterocycles. The maximum absolute atomic E-state index is 10.1. The molecule has 84 valence electrons. The first-order chi connectivity index (χ1) is 7.03. The van der Waals surface area contributed by atoms with Crippen LogP contribution in [0.4, 0.5) is 0 Å². The quantitative estimate of drug-likeness (QED) is 0.604. The minimum Gasteiger partial charge on any atom is -0.389 e. The molecule has 2 saturated carbocycles. The van der Waals surface area contributed by atoms with Crippen molar-refractivity contribution in [2.75, 3.05) is 0 Å². The van der Waals surface area contributed by atoms with Crippen molar-refractivity contribution in [2.24, 2.45) is 29.1 Å². The van der Waals surface area contributed by atoms with Gasteiger partial charge >= 0.3 is 0 Å². The Labute approximate surface area is 92.6 Å². The van der Waals surface area contributed by atoms with Gasteiger partial charge in [0.2, 0.25) is 0 Å². The lowest BCUT2D eigenvalue weighted by atomic mass is 9.69. The van der Waals surface area contributed by atoms with E-state index in [0.717, 1.165) is 24.2 Å². The van der Waals surface area contributed by atoms with Gasteiger partial charge in [-0.25, -0.2) is 0 Å². The van der Waals surface area contributed by atoms with Crippen LogP contribution < -0.4 is 0 Å². The average molecular weight is 206 g/mol. The highest BCUT2D eigenvalue weighted by atomic mass is 16.3. The standard InChI is InChI=1S/C14H22O/c1-8-4-7-11(15)9-5-6-10-13(12(8)9)14(10,2)3/h5,8,10-13,15H,4,6-7H2,1-3H3/t8-,10-,11-,12-,13-/m1/s1. The summed E-state index contributed by atoms with van der Waals surface area (Å²) in [5, 5.41) is 10.1. The van der Waals surface area contributed by atoms with Gasteiger partial charge in [-0.1, -0.05) is 26.8 Å². The number of hydrogen-bond acceptors (Lipinski definition) is 1. The molecule has 0 heterocycles. The summed E-state index contributed by atoms with van der Waals surface area (Å²) >= 11 is 0. The predicted octanol–water partition coefficient (Wildman–Crippen LogP) is 3.00. The first-order valence-electron chi connectivity index (χ1n) is 6.41. The molecule has 3 rings (SSSR count). The lowest BCUT2D eigenvalue weighted by Crippen LogP contribution is -2.33. The Kier molecular flexibility index (Phi) is 1.90. The molecule has 1 heteroatoms. The topological polar surface area (TPSA) is 20.2 Å². The molecule has 0 aromatic carbocycles. The number of allylic oxidation sites excluding steroid dienone is 1. The summed E-state index contributed by atoms with van der Waals surface area (Å²) in [6.07, 6.45) is 5.65. The molecular weight excluding hydrogens is 184 g/mol. The Morgan fingerprint density at radius 2 is 2.07 bits per heavy atom. The van der Waals surface area contributed by atoms with Crippen molar-refractivity contribution in [3.05, 3.63) is 11.6 Å². The third kappa shape index (κ3) is 1.19. The zero-order chi connectivity index (χ0) is 10.8. The summed E-state index contributed by atoms with van der Waals surface area (Å²) in [4.78, 5) is 0. The minimum atomic E-state index is -0.122. The van der Waals surface area contributed by atoms with Gasteiger partial charge < -0.3 is 5.11 Å². The third-order valence-electron chi connectivity index (χ3n) is 5.41. The highest BCUT2D eigenvalue weighted by Gasteiger charge is 2.63. The van der Waals surface area contributed by atoms with E-state index in [9.17, 15) is 5.11 Å². The molecule has 0 aliphatic heterocycles. The van der Waals surface area contributed by atoms with E-state index in [2.05, 4.69) is 26.8 Å². The Hall–Kier alpha value is -0.300. The van der Waals surface area contributed by atoms with Gasteiger partial charge in [-0.15, -0.1) is 0 Å². The highest BCUT2D eigenvalue weighted by molar-refractivity contribution is 5.29. The smallest absolute Gasteiger partial charge is 0.0753 e. The van der Waals surface area contributed by atoms with E-state index in [0.29, 0.717) is 11.3 Å². The molecule has 0 radical (unpaired) electrons. The summed E-state index contributed by atoms with van der Waals surface area (Å²) in [5.41, 5.74) is 1.93. The number of hydrogen-bond donors (Lipinski definition) is 1. The molecule has 15 heavy (non-hydrogen) atoms.